The van der Waals surface area contributed by atoms with Gasteiger partial charge in [0.25, 0.3) is 0 Å². The molecule has 1 nitrogen and oxygen atoms in total. The topological polar surface area (TPSA) is 3.24 Å². The summed E-state index contributed by atoms with van der Waals surface area (Å²) in [6, 6.07) is 90.9. The van der Waals surface area contributed by atoms with E-state index in [-0.39, 0.29) is 0 Å². The highest BCUT2D eigenvalue weighted by Gasteiger charge is 2.21. The van der Waals surface area contributed by atoms with E-state index in [0.717, 1.165) is 22.6 Å². The molecule has 12 rings (SSSR count). The van der Waals surface area contributed by atoms with Crippen molar-refractivity contribution in [1.82, 2.24) is 0 Å². The van der Waals surface area contributed by atoms with Gasteiger partial charge in [0.15, 0.2) is 0 Å². The van der Waals surface area contributed by atoms with Crippen molar-refractivity contribution in [3.63, 3.8) is 0 Å². The summed E-state index contributed by atoms with van der Waals surface area (Å²) < 4.78 is 2.63. The van der Waals surface area contributed by atoms with Crippen LogP contribution >= 0.6 is 11.3 Å². The zero-order valence-corrected chi connectivity index (χ0v) is 35.8. The summed E-state index contributed by atoms with van der Waals surface area (Å²) in [6.07, 6.45) is 0. The molecule has 1 heterocycles. The number of anilines is 3. The number of hydrogen-bond acceptors (Lipinski definition) is 2. The molecule has 0 unspecified atom stereocenters. The SMILES string of the molecule is c1ccc(-c2ccccc2-c2ccccc2-c2ccccc2N(c2ccc(-c3ccc4c(ccc5ccccc54)c3)cc2)c2ccc(-c3cccc4sc5ccccc5c34)cc2)cc1. The average Bonchev–Trinajstić information content (AvgIpc) is 3.76. The molecule has 0 bridgehead atoms. The van der Waals surface area contributed by atoms with Crippen LogP contribution in [0.5, 0.6) is 0 Å². The van der Waals surface area contributed by atoms with Gasteiger partial charge in [-0.15, -0.1) is 11.3 Å². The molecule has 64 heavy (non-hydrogen) atoms. The van der Waals surface area contributed by atoms with Crippen LogP contribution in [0.1, 0.15) is 0 Å². The molecule has 11 aromatic carbocycles. The van der Waals surface area contributed by atoms with Crippen molar-refractivity contribution in [3.05, 3.63) is 249 Å². The van der Waals surface area contributed by atoms with Gasteiger partial charge in [-0.25, -0.2) is 0 Å². The summed E-state index contributed by atoms with van der Waals surface area (Å²) >= 11 is 1.86. The number of fused-ring (bicyclic) bond motifs is 6. The van der Waals surface area contributed by atoms with Crippen LogP contribution in [0.2, 0.25) is 0 Å². The van der Waals surface area contributed by atoms with Crippen LogP contribution in [0, 0.1) is 0 Å². The van der Waals surface area contributed by atoms with Crippen LogP contribution in [0.25, 0.3) is 97.4 Å². The number of para-hydroxylation sites is 1. The monoisotopic (exact) mass is 831 g/mol. The highest BCUT2D eigenvalue weighted by atomic mass is 32.1. The van der Waals surface area contributed by atoms with Gasteiger partial charge < -0.3 is 4.90 Å². The van der Waals surface area contributed by atoms with Gasteiger partial charge in [0, 0.05) is 37.1 Å². The fraction of sp³-hybridized carbons (Fsp3) is 0. The molecule has 0 N–H and O–H groups in total. The molecule has 2 heteroatoms. The van der Waals surface area contributed by atoms with Crippen LogP contribution in [0.4, 0.5) is 17.1 Å². The van der Waals surface area contributed by atoms with Crippen molar-refractivity contribution < 1.29 is 0 Å². The van der Waals surface area contributed by atoms with Gasteiger partial charge in [0.1, 0.15) is 0 Å². The third kappa shape index (κ3) is 6.64. The first-order chi connectivity index (χ1) is 31.7. The molecule has 0 spiro atoms. The molecule has 0 saturated heterocycles. The Balaban J connectivity index is 0.999. The van der Waals surface area contributed by atoms with Crippen LogP contribution < -0.4 is 4.90 Å². The van der Waals surface area contributed by atoms with E-state index < -0.39 is 0 Å². The smallest absolute Gasteiger partial charge is 0.0540 e. The van der Waals surface area contributed by atoms with Crippen LogP contribution in [-0.2, 0) is 0 Å². The normalized spacial score (nSPS) is 11.4. The number of thiophene rings is 1. The fourth-order valence-electron chi connectivity index (χ4n) is 9.66. The summed E-state index contributed by atoms with van der Waals surface area (Å²) in [7, 11) is 0. The Hall–Kier alpha value is -8.04. The van der Waals surface area contributed by atoms with E-state index in [4.69, 9.17) is 0 Å². The van der Waals surface area contributed by atoms with Crippen molar-refractivity contribution in [2.45, 2.75) is 0 Å². The third-order valence-corrected chi connectivity index (χ3v) is 13.8. The van der Waals surface area contributed by atoms with Crippen molar-refractivity contribution in [3.8, 4) is 55.6 Å². The number of hydrogen-bond donors (Lipinski definition) is 0. The lowest BCUT2D eigenvalue weighted by molar-refractivity contribution is 1.28. The Kier molecular flexibility index (Phi) is 9.43. The lowest BCUT2D eigenvalue weighted by atomic mass is 9.88. The molecule has 0 aliphatic heterocycles. The van der Waals surface area contributed by atoms with Crippen LogP contribution in [0.15, 0.2) is 249 Å². The Labute approximate surface area is 377 Å². The molecule has 0 fully saturated rings. The number of benzene rings is 11. The first-order valence-electron chi connectivity index (χ1n) is 21.9. The van der Waals surface area contributed by atoms with Crippen molar-refractivity contribution in [1.29, 1.82) is 0 Å². The average molecular weight is 832 g/mol. The summed E-state index contributed by atoms with van der Waals surface area (Å²) in [5.41, 5.74) is 15.3. The Morgan fingerprint density at radius 2 is 0.766 bits per heavy atom. The van der Waals surface area contributed by atoms with Gasteiger partial charge in [-0.1, -0.05) is 200 Å². The second-order valence-electron chi connectivity index (χ2n) is 16.4. The second kappa shape index (κ2) is 16.0. The molecule has 0 atom stereocenters. The van der Waals surface area contributed by atoms with Gasteiger partial charge in [0.2, 0.25) is 0 Å². The van der Waals surface area contributed by atoms with Crippen molar-refractivity contribution in [2.24, 2.45) is 0 Å². The van der Waals surface area contributed by atoms with Crippen molar-refractivity contribution >= 4 is 70.1 Å². The molecule has 0 saturated carbocycles. The Bertz CT molecular complexity index is 3660. The molecule has 1 aromatic heterocycles. The maximum Gasteiger partial charge on any atom is 0.0540 e. The summed E-state index contributed by atoms with van der Waals surface area (Å²) in [4.78, 5) is 2.43. The Morgan fingerprint density at radius 1 is 0.266 bits per heavy atom. The van der Waals surface area contributed by atoms with E-state index >= 15 is 0 Å². The quantitative estimate of drug-likeness (QED) is 0.138. The molecular weight excluding hydrogens is 791 g/mol. The maximum absolute atomic E-state index is 2.43. The van der Waals surface area contributed by atoms with Gasteiger partial charge in [-0.05, 0) is 120 Å². The van der Waals surface area contributed by atoms with Crippen LogP contribution in [0.3, 0.4) is 0 Å². The van der Waals surface area contributed by atoms with Crippen LogP contribution in [-0.4, -0.2) is 0 Å². The van der Waals surface area contributed by atoms with E-state index in [0.29, 0.717) is 0 Å². The minimum absolute atomic E-state index is 1.09. The molecule has 0 amide bonds. The molecule has 300 valence electrons. The lowest BCUT2D eigenvalue weighted by Gasteiger charge is -2.29. The van der Waals surface area contributed by atoms with E-state index in [2.05, 4.69) is 254 Å². The molecule has 0 aliphatic rings. The third-order valence-electron chi connectivity index (χ3n) is 12.7. The number of nitrogens with zero attached hydrogens (tertiary/aromatic N) is 1. The standard InChI is InChI=1S/C62H41NS/c1-2-15-43(16-3-1)51-19-6-7-20-54(51)55-21-8-9-22-56(55)57-23-10-12-26-59(57)63(49-38-33-45(34-39-49)53-25-14-28-61-62(53)58-24-11-13-27-60(58)64-61)48-36-31-42(32-37-48)46-35-40-52-47(41-46)30-29-44-17-4-5-18-50(44)52/h1-41H. The molecular formula is C62H41NS. The highest BCUT2D eigenvalue weighted by molar-refractivity contribution is 7.25. The molecule has 12 aromatic rings. The van der Waals surface area contributed by atoms with Crippen molar-refractivity contribution in [2.75, 3.05) is 4.90 Å². The maximum atomic E-state index is 2.43. The predicted molar refractivity (Wildman–Crippen MR) is 276 cm³/mol. The molecule has 0 aliphatic carbocycles. The summed E-state index contributed by atoms with van der Waals surface area (Å²) in [6.45, 7) is 0. The summed E-state index contributed by atoms with van der Waals surface area (Å²) in [5, 5.41) is 7.70. The first-order valence-corrected chi connectivity index (χ1v) is 22.7. The first kappa shape index (κ1) is 37.7. The van der Waals surface area contributed by atoms with E-state index in [1.54, 1.807) is 0 Å². The van der Waals surface area contributed by atoms with Gasteiger partial charge in [-0.3, -0.25) is 0 Å². The highest BCUT2D eigenvalue weighted by Crippen LogP contribution is 2.47. The second-order valence-corrected chi connectivity index (χ2v) is 17.5. The largest absolute Gasteiger partial charge is 0.310 e. The lowest BCUT2D eigenvalue weighted by Crippen LogP contribution is -2.11. The minimum Gasteiger partial charge on any atom is -0.310 e. The van der Waals surface area contributed by atoms with E-state index in [9.17, 15) is 0 Å². The van der Waals surface area contributed by atoms with Gasteiger partial charge >= 0.3 is 0 Å². The van der Waals surface area contributed by atoms with E-state index in [1.165, 1.54) is 91.8 Å². The zero-order valence-electron chi connectivity index (χ0n) is 35.0. The van der Waals surface area contributed by atoms with E-state index in [1.807, 2.05) is 11.3 Å². The zero-order chi connectivity index (χ0) is 42.4. The Morgan fingerprint density at radius 3 is 1.53 bits per heavy atom. The fourth-order valence-corrected chi connectivity index (χ4v) is 10.8. The minimum atomic E-state index is 1.09. The predicted octanol–water partition coefficient (Wildman–Crippen LogP) is 18.2. The number of rotatable bonds is 8. The summed E-state index contributed by atoms with van der Waals surface area (Å²) in [5.74, 6) is 0. The van der Waals surface area contributed by atoms with Gasteiger partial charge in [0.05, 0.1) is 5.69 Å². The molecule has 0 radical (unpaired) electrons. The van der Waals surface area contributed by atoms with Gasteiger partial charge in [-0.2, -0.15) is 0 Å².